The van der Waals surface area contributed by atoms with Crippen LogP contribution in [0.5, 0.6) is 0 Å². The van der Waals surface area contributed by atoms with Gasteiger partial charge in [-0.3, -0.25) is 19.2 Å². The molecule has 1 N–H and O–H groups in total. The quantitative estimate of drug-likeness (QED) is 0.653. The van der Waals surface area contributed by atoms with Gasteiger partial charge < -0.3 is 10.0 Å². The molecular weight excluding hydrogens is 476 g/mol. The Labute approximate surface area is 188 Å². The fraction of sp³-hybridized carbons (Fsp3) is 0.500. The van der Waals surface area contributed by atoms with Crippen molar-refractivity contribution in [3.63, 3.8) is 0 Å². The second kappa shape index (κ2) is 8.32. The molecule has 0 bridgehead atoms. The van der Waals surface area contributed by atoms with E-state index in [0.29, 0.717) is 6.07 Å². The first-order valence-corrected chi connectivity index (χ1v) is 10.1. The molecule has 0 spiro atoms. The summed E-state index contributed by atoms with van der Waals surface area (Å²) in [6.45, 7) is -1.28. The highest BCUT2D eigenvalue weighted by Gasteiger charge is 2.40. The van der Waals surface area contributed by atoms with Crippen molar-refractivity contribution in [3.05, 3.63) is 44.9 Å². The molecule has 4 rings (SSSR count). The van der Waals surface area contributed by atoms with Gasteiger partial charge in [0.1, 0.15) is 12.2 Å². The van der Waals surface area contributed by atoms with E-state index >= 15 is 0 Å². The molecule has 1 fully saturated rings. The SMILES string of the molecule is O=C(O)N1Cc2nn(Cc3nccc(C(F)(F)F)c3Cl)c(=O)n2C(C(=O)N2CC[C@H](F)C2)C1. The number of hydrogen-bond donors (Lipinski definition) is 1. The Bertz CT molecular complexity index is 1170. The summed E-state index contributed by atoms with van der Waals surface area (Å²) in [5, 5.41) is 12.7. The maximum absolute atomic E-state index is 13.6. The molecule has 33 heavy (non-hydrogen) atoms. The molecule has 2 aliphatic rings. The second-order valence-electron chi connectivity index (χ2n) is 7.69. The van der Waals surface area contributed by atoms with Crippen LogP contribution in [-0.2, 0) is 24.1 Å². The Morgan fingerprint density at radius 1 is 1.24 bits per heavy atom. The summed E-state index contributed by atoms with van der Waals surface area (Å²) in [7, 11) is 0. The number of halogens is 5. The number of pyridine rings is 1. The minimum absolute atomic E-state index is 0.0777. The lowest BCUT2D eigenvalue weighted by atomic mass is 10.2. The number of hydrogen-bond acceptors (Lipinski definition) is 5. The van der Waals surface area contributed by atoms with E-state index in [1.165, 1.54) is 4.90 Å². The maximum Gasteiger partial charge on any atom is 0.417 e. The van der Waals surface area contributed by atoms with Gasteiger partial charge >= 0.3 is 18.0 Å². The predicted molar refractivity (Wildman–Crippen MR) is 103 cm³/mol. The number of aromatic nitrogens is 4. The molecule has 2 aromatic heterocycles. The van der Waals surface area contributed by atoms with Crippen LogP contribution in [0.2, 0.25) is 5.02 Å². The first kappa shape index (κ1) is 23.0. The fourth-order valence-corrected chi connectivity index (χ4v) is 4.21. The van der Waals surface area contributed by atoms with Crippen molar-refractivity contribution in [2.24, 2.45) is 0 Å². The van der Waals surface area contributed by atoms with Gasteiger partial charge in [0.25, 0.3) is 0 Å². The summed E-state index contributed by atoms with van der Waals surface area (Å²) >= 11 is 5.85. The Kier molecular flexibility index (Phi) is 5.80. The van der Waals surface area contributed by atoms with Crippen LogP contribution < -0.4 is 5.69 Å². The molecule has 0 aliphatic carbocycles. The van der Waals surface area contributed by atoms with Crippen molar-refractivity contribution < 1.29 is 32.3 Å². The van der Waals surface area contributed by atoms with Crippen LogP contribution in [0.1, 0.15) is 29.5 Å². The Hall–Kier alpha value is -3.16. The second-order valence-corrected chi connectivity index (χ2v) is 8.07. The van der Waals surface area contributed by atoms with Crippen LogP contribution >= 0.6 is 11.6 Å². The Morgan fingerprint density at radius 3 is 2.58 bits per heavy atom. The van der Waals surface area contributed by atoms with Gasteiger partial charge in [0.05, 0.1) is 42.5 Å². The van der Waals surface area contributed by atoms with Crippen molar-refractivity contribution in [2.75, 3.05) is 19.6 Å². The largest absolute Gasteiger partial charge is 0.465 e. The molecule has 2 aliphatic heterocycles. The van der Waals surface area contributed by atoms with Crippen molar-refractivity contribution in [1.82, 2.24) is 29.1 Å². The lowest BCUT2D eigenvalue weighted by molar-refractivity contribution is -0.137. The lowest BCUT2D eigenvalue weighted by Gasteiger charge is -2.32. The zero-order valence-corrected chi connectivity index (χ0v) is 17.6. The third-order valence-corrected chi connectivity index (χ3v) is 5.96. The molecular formula is C18H17ClF4N6O4. The van der Waals surface area contributed by atoms with Crippen LogP contribution in [-0.4, -0.2) is 72.0 Å². The van der Waals surface area contributed by atoms with Crippen LogP contribution in [0, 0.1) is 0 Å². The van der Waals surface area contributed by atoms with E-state index in [2.05, 4.69) is 10.1 Å². The van der Waals surface area contributed by atoms with Crippen LogP contribution in [0.3, 0.4) is 0 Å². The molecule has 0 aromatic carbocycles. The molecule has 1 saturated heterocycles. The summed E-state index contributed by atoms with van der Waals surface area (Å²) in [4.78, 5) is 43.5. The van der Waals surface area contributed by atoms with Crippen LogP contribution in [0.15, 0.2) is 17.1 Å². The van der Waals surface area contributed by atoms with Crippen LogP contribution in [0.4, 0.5) is 22.4 Å². The van der Waals surface area contributed by atoms with Gasteiger partial charge in [0, 0.05) is 12.7 Å². The number of carbonyl (C=O) groups is 2. The molecule has 1 unspecified atom stereocenters. The first-order chi connectivity index (χ1) is 15.5. The summed E-state index contributed by atoms with van der Waals surface area (Å²) < 4.78 is 54.8. The zero-order chi connectivity index (χ0) is 24.1. The van der Waals surface area contributed by atoms with Crippen molar-refractivity contribution in [2.45, 2.75) is 37.9 Å². The topological polar surface area (TPSA) is 114 Å². The minimum Gasteiger partial charge on any atom is -0.465 e. The van der Waals surface area contributed by atoms with E-state index in [0.717, 1.165) is 20.3 Å². The summed E-state index contributed by atoms with van der Waals surface area (Å²) in [6, 6.07) is -0.596. The van der Waals surface area contributed by atoms with Crippen molar-refractivity contribution >= 4 is 23.6 Å². The monoisotopic (exact) mass is 492 g/mol. The number of alkyl halides is 4. The number of amides is 2. The lowest BCUT2D eigenvalue weighted by Crippen LogP contribution is -2.50. The highest BCUT2D eigenvalue weighted by atomic mass is 35.5. The smallest absolute Gasteiger partial charge is 0.417 e. The Balaban J connectivity index is 1.71. The number of carboxylic acid groups (broad SMARTS) is 1. The zero-order valence-electron chi connectivity index (χ0n) is 16.8. The number of likely N-dealkylation sites (tertiary alicyclic amines) is 1. The van der Waals surface area contributed by atoms with Gasteiger partial charge in [-0.25, -0.2) is 18.7 Å². The van der Waals surface area contributed by atoms with Crippen molar-refractivity contribution in [3.8, 4) is 0 Å². The average Bonchev–Trinajstić information content (AvgIpc) is 3.31. The first-order valence-electron chi connectivity index (χ1n) is 9.77. The molecule has 2 amide bonds. The minimum atomic E-state index is -4.74. The number of fused-ring (bicyclic) bond motifs is 1. The van der Waals surface area contributed by atoms with Gasteiger partial charge in [-0.15, -0.1) is 0 Å². The van der Waals surface area contributed by atoms with E-state index in [4.69, 9.17) is 11.6 Å². The fourth-order valence-electron chi connectivity index (χ4n) is 3.94. The highest BCUT2D eigenvalue weighted by molar-refractivity contribution is 6.32. The molecule has 178 valence electrons. The highest BCUT2D eigenvalue weighted by Crippen LogP contribution is 2.35. The van der Waals surface area contributed by atoms with E-state index in [1.807, 2.05) is 0 Å². The molecule has 10 nitrogen and oxygen atoms in total. The third-order valence-electron chi connectivity index (χ3n) is 5.54. The van der Waals surface area contributed by atoms with Gasteiger partial charge in [-0.1, -0.05) is 11.6 Å². The van der Waals surface area contributed by atoms with Gasteiger partial charge in [0.2, 0.25) is 5.91 Å². The molecule has 0 saturated carbocycles. The van der Waals surface area contributed by atoms with E-state index in [1.54, 1.807) is 0 Å². The third kappa shape index (κ3) is 4.26. The summed E-state index contributed by atoms with van der Waals surface area (Å²) in [5.41, 5.74) is -2.26. The van der Waals surface area contributed by atoms with E-state index < -0.39 is 53.2 Å². The van der Waals surface area contributed by atoms with Crippen LogP contribution in [0.25, 0.3) is 0 Å². The van der Waals surface area contributed by atoms with Gasteiger partial charge in [-0.05, 0) is 12.5 Å². The van der Waals surface area contributed by atoms with E-state index in [-0.39, 0.29) is 44.1 Å². The molecule has 4 heterocycles. The predicted octanol–water partition coefficient (Wildman–Crippen LogP) is 1.77. The molecule has 2 aromatic rings. The van der Waals surface area contributed by atoms with Gasteiger partial charge in [0.15, 0.2) is 5.82 Å². The number of nitrogens with zero attached hydrogens (tertiary/aromatic N) is 6. The summed E-state index contributed by atoms with van der Waals surface area (Å²) in [5.74, 6) is -0.717. The van der Waals surface area contributed by atoms with Gasteiger partial charge in [-0.2, -0.15) is 18.3 Å². The Morgan fingerprint density at radius 2 is 1.97 bits per heavy atom. The van der Waals surface area contributed by atoms with E-state index in [9.17, 15) is 37.1 Å². The van der Waals surface area contributed by atoms with Crippen molar-refractivity contribution in [1.29, 1.82) is 0 Å². The normalized spacial score (nSPS) is 20.8. The summed E-state index contributed by atoms with van der Waals surface area (Å²) in [6.07, 6.45) is -6.29. The number of carbonyl (C=O) groups excluding carboxylic acids is 1. The average molecular weight is 493 g/mol. The number of rotatable bonds is 3. The molecule has 15 heteroatoms. The standard InChI is InChI=1S/C18H17ClF4N6O4/c19-14-10(18(21,22)23)1-3-24-11(14)6-28-16(31)29-12(15(30)26-4-2-9(20)5-26)7-27(17(32)33)8-13(29)25-28/h1,3,9,12H,2,4-8H2,(H,32,33)/t9-,12?/m0/s1. The maximum atomic E-state index is 13.6. The molecule has 0 radical (unpaired) electrons. The molecule has 2 atom stereocenters.